The first-order valence-corrected chi connectivity index (χ1v) is 15.2. The summed E-state index contributed by atoms with van der Waals surface area (Å²) in [6.07, 6.45) is -2.70. The lowest BCUT2D eigenvalue weighted by molar-refractivity contribution is -0.137. The van der Waals surface area contributed by atoms with E-state index in [9.17, 15) is 31.5 Å². The molecule has 0 amide bonds. The minimum atomic E-state index is -4.56. The number of aliphatic hydroxyl groups excluding tert-OH is 1. The average Bonchev–Trinajstić information content (AvgIpc) is 3.58. The second-order valence-electron chi connectivity index (χ2n) is 9.53. The molecule has 5 rings (SSSR count). The number of anilines is 1. The first-order valence-electron chi connectivity index (χ1n) is 12.1. The van der Waals surface area contributed by atoms with Crippen molar-refractivity contribution in [3.05, 3.63) is 55.1 Å². The van der Waals surface area contributed by atoms with Crippen LogP contribution in [0.3, 0.4) is 0 Å². The smallest absolute Gasteiger partial charge is 0.393 e. The normalized spacial score (nSPS) is 23.2. The van der Waals surface area contributed by atoms with Crippen molar-refractivity contribution in [2.45, 2.75) is 50.6 Å². The van der Waals surface area contributed by atoms with Crippen LogP contribution in [0.15, 0.2) is 18.6 Å². The highest BCUT2D eigenvalue weighted by Gasteiger charge is 2.39. The Morgan fingerprint density at radius 2 is 2.05 bits per heavy atom. The van der Waals surface area contributed by atoms with E-state index in [1.165, 1.54) is 23.9 Å². The maximum Gasteiger partial charge on any atom is 0.443 e. The summed E-state index contributed by atoms with van der Waals surface area (Å²) in [6, 6.07) is 1.26. The lowest BCUT2D eigenvalue weighted by atomic mass is 10.0. The summed E-state index contributed by atoms with van der Waals surface area (Å²) in [4.78, 5) is 27.0. The number of thiophene rings is 1. The topological polar surface area (TPSA) is 164 Å². The summed E-state index contributed by atoms with van der Waals surface area (Å²) in [5.41, 5.74) is 0.932. The molecule has 4 atom stereocenters. The molecule has 0 radical (unpaired) electrons. The van der Waals surface area contributed by atoms with Gasteiger partial charge in [-0.15, -0.1) is 22.7 Å². The largest absolute Gasteiger partial charge is 0.443 e. The van der Waals surface area contributed by atoms with E-state index in [4.69, 9.17) is 9.29 Å². The molecule has 0 bridgehead atoms. The molecule has 0 aromatic carbocycles. The first-order chi connectivity index (χ1) is 18.8. The molecule has 40 heavy (non-hydrogen) atoms. The van der Waals surface area contributed by atoms with Gasteiger partial charge >= 0.3 is 16.5 Å². The zero-order valence-electron chi connectivity index (χ0n) is 20.8. The quantitative estimate of drug-likeness (QED) is 0.218. The number of hydrogen-bond acceptors (Lipinski definition) is 11. The molecular formula is C23H24F3N5O6S3. The van der Waals surface area contributed by atoms with Crippen LogP contribution in [0.4, 0.5) is 19.0 Å². The van der Waals surface area contributed by atoms with E-state index in [1.54, 1.807) is 13.0 Å². The van der Waals surface area contributed by atoms with Crippen molar-refractivity contribution in [3.63, 3.8) is 0 Å². The van der Waals surface area contributed by atoms with Gasteiger partial charge in [0, 0.05) is 46.4 Å². The summed E-state index contributed by atoms with van der Waals surface area (Å²) >= 11 is 1.78. The Hall–Kier alpha value is -2.54. The average molecular weight is 620 g/mol. The number of carbonyl (C=O) groups is 1. The number of thiazole rings is 1. The molecule has 2 aliphatic rings. The Morgan fingerprint density at radius 3 is 2.77 bits per heavy atom. The molecule has 1 aliphatic heterocycles. The van der Waals surface area contributed by atoms with E-state index in [-0.39, 0.29) is 42.7 Å². The van der Waals surface area contributed by atoms with E-state index in [0.717, 1.165) is 0 Å². The molecular weight excluding hydrogens is 595 g/mol. The van der Waals surface area contributed by atoms with Crippen LogP contribution < -0.4 is 10.0 Å². The van der Waals surface area contributed by atoms with Crippen LogP contribution in [0.5, 0.6) is 0 Å². The highest BCUT2D eigenvalue weighted by molar-refractivity contribution is 7.83. The molecule has 1 saturated carbocycles. The van der Waals surface area contributed by atoms with Gasteiger partial charge in [-0.3, -0.25) is 9.35 Å². The summed E-state index contributed by atoms with van der Waals surface area (Å²) in [6.45, 7) is 1.83. The van der Waals surface area contributed by atoms with Gasteiger partial charge in [0.2, 0.25) is 5.78 Å². The molecule has 3 aromatic rings. The van der Waals surface area contributed by atoms with Crippen molar-refractivity contribution >= 4 is 44.6 Å². The second-order valence-corrected chi connectivity index (χ2v) is 13.1. The molecule has 1 fully saturated rings. The molecule has 216 valence electrons. The van der Waals surface area contributed by atoms with Gasteiger partial charge in [-0.05, 0) is 25.8 Å². The van der Waals surface area contributed by atoms with Gasteiger partial charge in [-0.2, -0.15) is 26.3 Å². The number of ketones is 1. The van der Waals surface area contributed by atoms with Crippen molar-refractivity contribution in [1.29, 1.82) is 0 Å². The third kappa shape index (κ3) is 6.19. The first kappa shape index (κ1) is 29.0. The van der Waals surface area contributed by atoms with Crippen molar-refractivity contribution in [2.24, 2.45) is 5.92 Å². The lowest BCUT2D eigenvalue weighted by Crippen LogP contribution is -2.32. The number of ether oxygens (including phenoxy) is 1. The lowest BCUT2D eigenvalue weighted by Gasteiger charge is -2.22. The van der Waals surface area contributed by atoms with E-state index >= 15 is 0 Å². The maximum atomic E-state index is 13.5. The van der Waals surface area contributed by atoms with Crippen LogP contribution in [0.2, 0.25) is 0 Å². The van der Waals surface area contributed by atoms with Gasteiger partial charge in [0.05, 0.1) is 28.8 Å². The summed E-state index contributed by atoms with van der Waals surface area (Å²) in [7, 11) is -4.40. The van der Waals surface area contributed by atoms with Crippen LogP contribution in [0.1, 0.15) is 60.2 Å². The Kier molecular flexibility index (Phi) is 7.99. The van der Waals surface area contributed by atoms with Crippen molar-refractivity contribution < 1.29 is 40.8 Å². The van der Waals surface area contributed by atoms with E-state index < -0.39 is 45.4 Å². The van der Waals surface area contributed by atoms with Gasteiger partial charge in [0.25, 0.3) is 0 Å². The molecule has 4 N–H and O–H groups in total. The predicted molar refractivity (Wildman–Crippen MR) is 139 cm³/mol. The number of rotatable bonds is 8. The SMILES string of the molecule is Cc1sc(C(=O)c2cncnc2N[C@@H]2C[C@H](CNS(=O)(=O)O)[C@@H](O)C2)cc1[C@@H]1OCCc2sc(C(F)(F)F)nc21. The van der Waals surface area contributed by atoms with Crippen LogP contribution in [-0.2, 0) is 27.6 Å². The van der Waals surface area contributed by atoms with E-state index in [0.29, 0.717) is 44.4 Å². The third-order valence-corrected chi connectivity index (χ3v) is 9.55. The fourth-order valence-electron chi connectivity index (χ4n) is 4.91. The maximum absolute atomic E-state index is 13.5. The molecule has 1 aliphatic carbocycles. The number of aromatic nitrogens is 3. The zero-order valence-corrected chi connectivity index (χ0v) is 23.3. The summed E-state index contributed by atoms with van der Waals surface area (Å²) < 4.78 is 78.5. The molecule has 4 heterocycles. The molecule has 11 nitrogen and oxygen atoms in total. The molecule has 0 saturated heterocycles. The second kappa shape index (κ2) is 11.0. The minimum Gasteiger partial charge on any atom is -0.393 e. The number of nitrogens with one attached hydrogen (secondary N) is 2. The Morgan fingerprint density at radius 1 is 1.27 bits per heavy atom. The number of carbonyl (C=O) groups excluding carboxylic acids is 1. The fraction of sp³-hybridized carbons (Fsp3) is 0.478. The minimum absolute atomic E-state index is 0.153. The van der Waals surface area contributed by atoms with Crippen LogP contribution in [-0.4, -0.2) is 64.1 Å². The Balaban J connectivity index is 1.35. The molecule has 0 unspecified atom stereocenters. The van der Waals surface area contributed by atoms with Gasteiger partial charge in [-0.25, -0.2) is 15.0 Å². The zero-order chi connectivity index (χ0) is 28.8. The Labute approximate surface area is 234 Å². The predicted octanol–water partition coefficient (Wildman–Crippen LogP) is 3.16. The number of alkyl halides is 3. The fourth-order valence-corrected chi connectivity index (χ4v) is 7.27. The number of halogens is 3. The number of aliphatic hydroxyl groups is 1. The number of aryl methyl sites for hydroxylation is 1. The van der Waals surface area contributed by atoms with Crippen LogP contribution >= 0.6 is 22.7 Å². The molecule has 17 heteroatoms. The third-order valence-electron chi connectivity index (χ3n) is 6.78. The standard InChI is InChI=1S/C23H24F3N5O6S3/c1-10-13(20-18-16(2-3-37-20)39-22(31-18)23(24,25)26)6-17(38-10)19(33)14-8-27-9-28-21(14)30-12-4-11(15(32)5-12)7-29-40(34,35)36/h6,8-9,11-12,15,20,29,32H,2-5,7H2,1H3,(H,27,28,30)(H,34,35,36)/t11-,12-,15+,20+/m1/s1. The highest BCUT2D eigenvalue weighted by Crippen LogP contribution is 2.43. The van der Waals surface area contributed by atoms with Crippen molar-refractivity contribution in [1.82, 2.24) is 19.7 Å². The van der Waals surface area contributed by atoms with Gasteiger partial charge in [-0.1, -0.05) is 0 Å². The molecule has 3 aromatic heterocycles. The van der Waals surface area contributed by atoms with Gasteiger partial charge < -0.3 is 15.2 Å². The highest BCUT2D eigenvalue weighted by atomic mass is 32.2. The Bertz CT molecular complexity index is 1530. The summed E-state index contributed by atoms with van der Waals surface area (Å²) in [5, 5.41) is 12.5. The van der Waals surface area contributed by atoms with Crippen molar-refractivity contribution in [2.75, 3.05) is 18.5 Å². The molecule has 0 spiro atoms. The van der Waals surface area contributed by atoms with Crippen molar-refractivity contribution in [3.8, 4) is 0 Å². The monoisotopic (exact) mass is 619 g/mol. The number of nitrogens with zero attached hydrogens (tertiary/aromatic N) is 3. The number of fused-ring (bicyclic) bond motifs is 1. The van der Waals surface area contributed by atoms with Gasteiger partial charge in [0.15, 0.2) is 5.01 Å². The summed E-state index contributed by atoms with van der Waals surface area (Å²) in [5.74, 6) is -0.651. The van der Waals surface area contributed by atoms with Crippen LogP contribution in [0, 0.1) is 12.8 Å². The number of hydrogen-bond donors (Lipinski definition) is 4. The van der Waals surface area contributed by atoms with Gasteiger partial charge in [0.1, 0.15) is 18.2 Å². The van der Waals surface area contributed by atoms with E-state index in [2.05, 4.69) is 20.3 Å². The van der Waals surface area contributed by atoms with Crippen LogP contribution in [0.25, 0.3) is 0 Å². The van der Waals surface area contributed by atoms with E-state index in [1.807, 2.05) is 4.72 Å².